The minimum Gasteiger partial charge on any atom is -0.394 e. The van der Waals surface area contributed by atoms with Crippen molar-refractivity contribution >= 4 is 214 Å². The summed E-state index contributed by atoms with van der Waals surface area (Å²) in [5.74, 6) is 0.222. The number of rotatable bonds is 11. The number of hydrogen-bond acceptors (Lipinski definition) is 18. The number of nitrogens with two attached hydrogens (primary N) is 1. The molecule has 4 N–H and O–H groups in total. The first-order valence-electron chi connectivity index (χ1n) is 36.6. The Bertz CT molecular complexity index is 7090. The van der Waals surface area contributed by atoms with E-state index >= 15 is 0 Å². The zero-order valence-electron chi connectivity index (χ0n) is 64.7. The lowest BCUT2D eigenvalue weighted by atomic mass is 10.2. The van der Waals surface area contributed by atoms with Crippen molar-refractivity contribution < 1.29 is 24.2 Å². The van der Waals surface area contributed by atoms with E-state index in [-0.39, 0.29) is 62.9 Å². The van der Waals surface area contributed by atoms with Crippen molar-refractivity contribution in [1.82, 2.24) is 52.2 Å². The Morgan fingerprint density at radius 3 is 1.39 bits per heavy atom. The van der Waals surface area contributed by atoms with Crippen LogP contribution < -0.4 is 53.4 Å². The number of nitrogens with zero attached hydrogens (tertiary/aromatic N) is 14. The van der Waals surface area contributed by atoms with Gasteiger partial charge in [-0.05, 0) is 172 Å². The Kier molecular flexibility index (Phi) is 25.3. The SMILES string of the molecule is CN(C(=O)C1CC1)c1cn(C)c2ccc(Br)cc2c1=O.CN(C(=O)C1CC1)c1cn(C)c2ccc(Sc3nnc4ccc(-c5cnn(C)c5)cn34)cc2c1=O.Cn1cc(N)c(=O)c2cc(Br)ccc21.Cn1cc(NC(=O)C2CC2)c(=O)c2cc(Br)ccc21.Cn1cc([N+](=O)[O-])c(=O)c2cc(Br)ccc21.O=c1c([N+](=O)[O-])c[nH]c2ccc(Br)cc12. The van der Waals surface area contributed by atoms with Crippen molar-refractivity contribution in [3.8, 4) is 11.1 Å². The normalized spacial score (nSPS) is 12.8. The first-order chi connectivity index (χ1) is 56.6. The van der Waals surface area contributed by atoms with E-state index < -0.39 is 32.1 Å². The van der Waals surface area contributed by atoms with Gasteiger partial charge in [0.2, 0.25) is 39.4 Å². The van der Waals surface area contributed by atoms with Crippen LogP contribution in [0.15, 0.2) is 238 Å². The van der Waals surface area contributed by atoms with Crippen LogP contribution in [0, 0.1) is 38.0 Å². The molecule has 0 radical (unpaired) electrons. The molecular weight excluding hydrogens is 1870 g/mol. The fourth-order valence-corrected chi connectivity index (χ4v) is 15.8. The van der Waals surface area contributed by atoms with Crippen LogP contribution in [0.4, 0.5) is 34.1 Å². The van der Waals surface area contributed by atoms with Crippen molar-refractivity contribution in [2.45, 2.75) is 48.6 Å². The van der Waals surface area contributed by atoms with Gasteiger partial charge >= 0.3 is 11.4 Å². The molecule has 3 fully saturated rings. The molecule has 30 nitrogen and oxygen atoms in total. The van der Waals surface area contributed by atoms with E-state index in [4.69, 9.17) is 5.73 Å². The Labute approximate surface area is 720 Å². The summed E-state index contributed by atoms with van der Waals surface area (Å²) in [7, 11) is 14.4. The van der Waals surface area contributed by atoms with E-state index in [9.17, 15) is 63.4 Å². The minimum absolute atomic E-state index is 0.00586. The second-order valence-corrected chi connectivity index (χ2v) is 34.3. The Balaban J connectivity index is 0.000000128. The predicted molar refractivity (Wildman–Crippen MR) is 480 cm³/mol. The number of benzene rings is 6. The summed E-state index contributed by atoms with van der Waals surface area (Å²) in [5, 5.41) is 40.6. The molecule has 9 heterocycles. The van der Waals surface area contributed by atoms with Gasteiger partial charge in [0.25, 0.3) is 10.9 Å². The zero-order valence-corrected chi connectivity index (χ0v) is 73.4. The standard InChI is InChI=1S/C25H23N7O2S.C15H15BrN2O2.C14H13BrN2O2.C10H7BrN2O3.C10H9BrN2O.C9H5BrN2O3/c1-29-14-21(31(3)24(34)15-4-5-15)23(33)19-10-18(7-8-20(19)29)35-25-28-27-22-9-6-16(13-32(22)25)17-11-26-30(2)12-17;1-17-8-13(18(2)15(20)9-3-4-9)14(19)11-7-10(16)5-6-12(11)17;1-17-7-11(16-14(19)8-2-3-8)13(18)10-6-9(15)4-5-12(10)17;1-12-5-9(13(15)16)10(14)7-4-6(11)2-3-8(7)12;1-13-5-8(12)10(14)7-4-6(11)2-3-9(7)13;10-5-1-2-7-6(3-5)9(13)8(4-11-7)12(14)15/h6-15H,4-5H2,1-3H3;5-9H,3-4H2,1-2H3;4-8H,2-3H2,1H3,(H,16,19);2-5H,1H3;2-5H,12H2,1H3;1-4H,(H,11,13). The summed E-state index contributed by atoms with van der Waals surface area (Å²) in [4.78, 5) is 136. The van der Waals surface area contributed by atoms with E-state index in [2.05, 4.69) is 105 Å². The fourth-order valence-electron chi connectivity index (χ4n) is 13.2. The number of nitro groups is 2. The summed E-state index contributed by atoms with van der Waals surface area (Å²) >= 11 is 18.0. The number of aromatic nitrogens is 11. The molecule has 3 amide bonds. The highest BCUT2D eigenvalue weighted by Crippen LogP contribution is 2.36. The van der Waals surface area contributed by atoms with E-state index in [1.54, 1.807) is 110 Å². The summed E-state index contributed by atoms with van der Waals surface area (Å²) < 4.78 is 16.8. The van der Waals surface area contributed by atoms with Crippen LogP contribution in [-0.2, 0) is 56.7 Å². The van der Waals surface area contributed by atoms with Crippen molar-refractivity contribution in [3.05, 3.63) is 281 Å². The Morgan fingerprint density at radius 1 is 0.479 bits per heavy atom. The first-order valence-corrected chi connectivity index (χ1v) is 41.4. The molecule has 608 valence electrons. The van der Waals surface area contributed by atoms with Crippen LogP contribution in [-0.4, -0.2) is 93.9 Å². The van der Waals surface area contributed by atoms with Gasteiger partial charge in [0, 0.05) is 177 Å². The summed E-state index contributed by atoms with van der Waals surface area (Å²) in [5.41, 5.74) is 11.9. The molecule has 119 heavy (non-hydrogen) atoms. The molecule has 3 aliphatic rings. The molecule has 6 aromatic carbocycles. The molecule has 3 aliphatic carbocycles. The third-order valence-corrected chi connectivity index (χ3v) is 23.4. The molecule has 18 rings (SSSR count). The number of carbonyl (C=O) groups excluding carboxylic acids is 3. The van der Waals surface area contributed by atoms with Gasteiger partial charge < -0.3 is 48.7 Å². The molecule has 0 unspecified atom stereocenters. The van der Waals surface area contributed by atoms with Crippen molar-refractivity contribution in [2.24, 2.45) is 60.0 Å². The van der Waals surface area contributed by atoms with Crippen LogP contribution in [0.3, 0.4) is 0 Å². The van der Waals surface area contributed by atoms with Gasteiger partial charge in [0.05, 0.1) is 72.5 Å². The van der Waals surface area contributed by atoms with E-state index in [1.165, 1.54) is 27.8 Å². The van der Waals surface area contributed by atoms with Gasteiger partial charge in [-0.25, -0.2) is 0 Å². The largest absolute Gasteiger partial charge is 0.394 e. The number of H-pyrrole nitrogens is 1. The summed E-state index contributed by atoms with van der Waals surface area (Å²) in [6.07, 6.45) is 20.4. The smallest absolute Gasteiger partial charge is 0.332 e. The number of aromatic amines is 1. The maximum Gasteiger partial charge on any atom is 0.332 e. The van der Waals surface area contributed by atoms with Gasteiger partial charge in [-0.1, -0.05) is 79.6 Å². The number of nitrogens with one attached hydrogen (secondary N) is 2. The lowest BCUT2D eigenvalue weighted by Gasteiger charge is -2.18. The minimum atomic E-state index is -0.695. The number of amides is 3. The number of anilines is 4. The van der Waals surface area contributed by atoms with Crippen LogP contribution in [0.1, 0.15) is 38.5 Å². The van der Waals surface area contributed by atoms with Gasteiger partial charge in [-0.15, -0.1) is 10.2 Å². The average molecular weight is 1950 g/mol. The highest BCUT2D eigenvalue weighted by Gasteiger charge is 2.35. The van der Waals surface area contributed by atoms with Crippen molar-refractivity contribution in [3.63, 3.8) is 0 Å². The second kappa shape index (κ2) is 35.4. The molecule has 0 aliphatic heterocycles. The Morgan fingerprint density at radius 2 is 0.908 bits per heavy atom. The number of aryl methyl sites for hydroxylation is 6. The van der Waals surface area contributed by atoms with Gasteiger partial charge in [-0.2, -0.15) is 5.10 Å². The average Bonchev–Trinajstić information content (AvgIpc) is 1.38. The third kappa shape index (κ3) is 18.9. The molecule has 15 aromatic rings. The topological polar surface area (TPSA) is 373 Å². The van der Waals surface area contributed by atoms with E-state index in [0.29, 0.717) is 70.0 Å². The molecule has 0 atom stereocenters. The van der Waals surface area contributed by atoms with E-state index in [1.807, 2.05) is 143 Å². The zero-order chi connectivity index (χ0) is 85.4. The summed E-state index contributed by atoms with van der Waals surface area (Å²) in [6.45, 7) is 0. The third-order valence-electron chi connectivity index (χ3n) is 20.0. The number of nitrogen functional groups attached to an aromatic ring is 1. The van der Waals surface area contributed by atoms with Crippen LogP contribution >= 0.6 is 91.4 Å². The number of carbonyl (C=O) groups is 3. The number of halogens is 5. The second-order valence-electron chi connectivity index (χ2n) is 28.6. The molecule has 0 spiro atoms. The quantitative estimate of drug-likeness (QED) is 0.0799. The first kappa shape index (κ1) is 85.1. The lowest BCUT2D eigenvalue weighted by Crippen LogP contribution is -2.32. The molecule has 3 saturated carbocycles. The fraction of sp³-hybridized carbons (Fsp3) is 0.205. The van der Waals surface area contributed by atoms with Gasteiger partial charge in [-0.3, -0.25) is 72.5 Å². The van der Waals surface area contributed by atoms with Crippen LogP contribution in [0.25, 0.3) is 82.2 Å². The molecular formula is C83H72Br5N17O13S. The van der Waals surface area contributed by atoms with Crippen LogP contribution in [0.2, 0.25) is 0 Å². The van der Waals surface area contributed by atoms with Crippen molar-refractivity contribution in [2.75, 3.05) is 34.9 Å². The maximum absolute atomic E-state index is 13.4. The van der Waals surface area contributed by atoms with Gasteiger partial charge in [0.15, 0.2) is 10.8 Å². The monoisotopic (exact) mass is 1940 g/mol. The number of pyridine rings is 7. The maximum atomic E-state index is 13.4. The Hall–Kier alpha value is -11.8. The van der Waals surface area contributed by atoms with Crippen LogP contribution in [0.5, 0.6) is 0 Å². The summed E-state index contributed by atoms with van der Waals surface area (Å²) in [6, 6.07) is 36.5. The molecule has 0 bridgehead atoms. The predicted octanol–water partition coefficient (Wildman–Crippen LogP) is 15.1. The van der Waals surface area contributed by atoms with Gasteiger partial charge in [0.1, 0.15) is 17.1 Å². The number of fused-ring (bicyclic) bond motifs is 7. The van der Waals surface area contributed by atoms with E-state index in [0.717, 1.165) is 106 Å². The molecule has 36 heteroatoms. The number of hydrogen-bond donors (Lipinski definition) is 3. The molecule has 9 aromatic heterocycles. The lowest BCUT2D eigenvalue weighted by molar-refractivity contribution is -0.386. The highest BCUT2D eigenvalue weighted by molar-refractivity contribution is 9.11. The van der Waals surface area contributed by atoms with Crippen molar-refractivity contribution in [1.29, 1.82) is 0 Å². The highest BCUT2D eigenvalue weighted by atomic mass is 79.9. The molecule has 0 saturated heterocycles.